The van der Waals surface area contributed by atoms with E-state index in [9.17, 15) is 13.2 Å². The summed E-state index contributed by atoms with van der Waals surface area (Å²) in [7, 11) is 0. The van der Waals surface area contributed by atoms with E-state index in [1.54, 1.807) is 6.07 Å². The number of ether oxygens (including phenoxy) is 1. The summed E-state index contributed by atoms with van der Waals surface area (Å²) in [5.74, 6) is 0.576. The van der Waals surface area contributed by atoms with Gasteiger partial charge in [-0.1, -0.05) is 12.1 Å². The smallest absolute Gasteiger partial charge is 0.389 e. The van der Waals surface area contributed by atoms with Gasteiger partial charge in [0.25, 0.3) is 0 Å². The molecule has 1 aromatic rings. The van der Waals surface area contributed by atoms with Crippen LogP contribution in [0.5, 0.6) is 5.75 Å². The Balaban J connectivity index is 2.58. The molecule has 0 aliphatic heterocycles. The molecule has 0 bridgehead atoms. The molecular weight excluding hydrogens is 243 g/mol. The van der Waals surface area contributed by atoms with Gasteiger partial charge >= 0.3 is 6.18 Å². The lowest BCUT2D eigenvalue weighted by molar-refractivity contribution is -0.136. The number of hydrogen-bond acceptors (Lipinski definition) is 2. The van der Waals surface area contributed by atoms with Gasteiger partial charge in [-0.05, 0) is 31.9 Å². The summed E-state index contributed by atoms with van der Waals surface area (Å²) in [5.41, 5.74) is 7.58. The Bertz CT molecular complexity index is 388. The molecule has 0 saturated heterocycles. The summed E-state index contributed by atoms with van der Waals surface area (Å²) in [6.07, 6.45) is -5.00. The van der Waals surface area contributed by atoms with Crippen molar-refractivity contribution in [2.75, 3.05) is 6.61 Å². The average molecular weight is 261 g/mol. The van der Waals surface area contributed by atoms with Crippen LogP contribution in [0, 0.1) is 6.92 Å². The minimum absolute atomic E-state index is 0.0443. The van der Waals surface area contributed by atoms with Crippen molar-refractivity contribution in [1.29, 1.82) is 0 Å². The highest BCUT2D eigenvalue weighted by Crippen LogP contribution is 2.26. The molecule has 0 radical (unpaired) electrons. The largest absolute Gasteiger partial charge is 0.493 e. The number of alkyl halides is 3. The first-order chi connectivity index (χ1) is 8.29. The summed E-state index contributed by atoms with van der Waals surface area (Å²) in [6.45, 7) is 3.75. The van der Waals surface area contributed by atoms with Crippen molar-refractivity contribution in [3.8, 4) is 5.75 Å². The van der Waals surface area contributed by atoms with Crippen molar-refractivity contribution in [2.24, 2.45) is 5.73 Å². The molecule has 0 unspecified atom stereocenters. The normalized spacial score (nSPS) is 13.4. The van der Waals surface area contributed by atoms with Crippen LogP contribution in [0.4, 0.5) is 13.2 Å². The molecule has 1 aromatic carbocycles. The molecule has 102 valence electrons. The van der Waals surface area contributed by atoms with E-state index >= 15 is 0 Å². The zero-order valence-electron chi connectivity index (χ0n) is 10.6. The van der Waals surface area contributed by atoms with Crippen LogP contribution < -0.4 is 10.5 Å². The Morgan fingerprint density at radius 1 is 1.33 bits per heavy atom. The van der Waals surface area contributed by atoms with Crippen LogP contribution in [0.2, 0.25) is 0 Å². The van der Waals surface area contributed by atoms with E-state index in [0.29, 0.717) is 5.75 Å². The van der Waals surface area contributed by atoms with E-state index in [-0.39, 0.29) is 19.1 Å². The van der Waals surface area contributed by atoms with Gasteiger partial charge in [-0.25, -0.2) is 0 Å². The predicted octanol–water partition coefficient (Wildman–Crippen LogP) is 3.74. The number of benzene rings is 1. The molecule has 1 atom stereocenters. The Hall–Kier alpha value is -1.23. The van der Waals surface area contributed by atoms with Crippen LogP contribution in [0.1, 0.15) is 36.9 Å². The number of nitrogens with two attached hydrogens (primary N) is 1. The lowest BCUT2D eigenvalue weighted by atomic mass is 10.1. The van der Waals surface area contributed by atoms with Gasteiger partial charge in [0.15, 0.2) is 0 Å². The van der Waals surface area contributed by atoms with Gasteiger partial charge in [-0.15, -0.1) is 0 Å². The first kappa shape index (κ1) is 14.8. The summed E-state index contributed by atoms with van der Waals surface area (Å²) >= 11 is 0. The molecule has 0 amide bonds. The van der Waals surface area contributed by atoms with Crippen LogP contribution in [-0.2, 0) is 0 Å². The van der Waals surface area contributed by atoms with E-state index in [0.717, 1.165) is 11.1 Å². The van der Waals surface area contributed by atoms with E-state index in [2.05, 4.69) is 0 Å². The molecule has 18 heavy (non-hydrogen) atoms. The fraction of sp³-hybridized carbons (Fsp3) is 0.538. The zero-order valence-corrected chi connectivity index (χ0v) is 10.6. The van der Waals surface area contributed by atoms with Crippen LogP contribution in [0.3, 0.4) is 0 Å². The minimum atomic E-state index is -4.13. The van der Waals surface area contributed by atoms with Gasteiger partial charge in [0.05, 0.1) is 6.61 Å². The fourth-order valence-corrected chi connectivity index (χ4v) is 1.60. The number of aryl methyl sites for hydroxylation is 1. The van der Waals surface area contributed by atoms with Crippen molar-refractivity contribution in [2.45, 2.75) is 38.9 Å². The monoisotopic (exact) mass is 261 g/mol. The maximum Gasteiger partial charge on any atom is 0.389 e. The third-order valence-corrected chi connectivity index (χ3v) is 2.52. The van der Waals surface area contributed by atoms with Crippen molar-refractivity contribution >= 4 is 0 Å². The van der Waals surface area contributed by atoms with Gasteiger partial charge in [0, 0.05) is 18.0 Å². The van der Waals surface area contributed by atoms with Gasteiger partial charge in [0.2, 0.25) is 0 Å². The van der Waals surface area contributed by atoms with E-state index < -0.39 is 12.6 Å². The van der Waals surface area contributed by atoms with Crippen LogP contribution >= 0.6 is 0 Å². The van der Waals surface area contributed by atoms with Gasteiger partial charge in [-0.3, -0.25) is 0 Å². The average Bonchev–Trinajstić information content (AvgIpc) is 2.22. The number of hydrogen-bond donors (Lipinski definition) is 1. The third-order valence-electron chi connectivity index (χ3n) is 2.52. The molecule has 2 N–H and O–H groups in total. The molecule has 0 fully saturated rings. The maximum atomic E-state index is 12.0. The van der Waals surface area contributed by atoms with Crippen molar-refractivity contribution in [3.63, 3.8) is 0 Å². The molecule has 5 heteroatoms. The van der Waals surface area contributed by atoms with Gasteiger partial charge < -0.3 is 10.5 Å². The molecular formula is C13H18F3NO. The van der Waals surface area contributed by atoms with Crippen LogP contribution in [-0.4, -0.2) is 12.8 Å². The second-order valence-electron chi connectivity index (χ2n) is 4.40. The minimum Gasteiger partial charge on any atom is -0.493 e. The zero-order chi connectivity index (χ0) is 13.8. The summed E-state index contributed by atoms with van der Waals surface area (Å²) in [5, 5.41) is 0. The third kappa shape index (κ3) is 4.96. The number of halogens is 3. The second kappa shape index (κ2) is 6.09. The van der Waals surface area contributed by atoms with E-state index in [4.69, 9.17) is 10.5 Å². The molecule has 0 heterocycles. The molecule has 0 saturated carbocycles. The van der Waals surface area contributed by atoms with Gasteiger partial charge in [0.1, 0.15) is 5.75 Å². The lowest BCUT2D eigenvalue weighted by Gasteiger charge is -2.15. The molecule has 1 rings (SSSR count). The first-order valence-electron chi connectivity index (χ1n) is 5.85. The fourth-order valence-electron chi connectivity index (χ4n) is 1.60. The maximum absolute atomic E-state index is 12.0. The molecule has 0 spiro atoms. The summed E-state index contributed by atoms with van der Waals surface area (Å²) < 4.78 is 41.3. The highest BCUT2D eigenvalue weighted by atomic mass is 19.4. The SMILES string of the molecule is Cc1ccc([C@H](C)N)c(OCCCC(F)(F)F)c1. The highest BCUT2D eigenvalue weighted by Gasteiger charge is 2.26. The Labute approximate surface area is 105 Å². The lowest BCUT2D eigenvalue weighted by Crippen LogP contribution is -2.12. The van der Waals surface area contributed by atoms with Crippen LogP contribution in [0.15, 0.2) is 18.2 Å². The molecule has 0 aromatic heterocycles. The molecule has 0 aliphatic rings. The van der Waals surface area contributed by atoms with Crippen molar-refractivity contribution in [3.05, 3.63) is 29.3 Å². The van der Waals surface area contributed by atoms with Crippen molar-refractivity contribution < 1.29 is 17.9 Å². The topological polar surface area (TPSA) is 35.2 Å². The summed E-state index contributed by atoms with van der Waals surface area (Å²) in [4.78, 5) is 0. The Morgan fingerprint density at radius 2 is 2.00 bits per heavy atom. The van der Waals surface area contributed by atoms with E-state index in [1.807, 2.05) is 26.0 Å². The van der Waals surface area contributed by atoms with E-state index in [1.165, 1.54) is 0 Å². The van der Waals surface area contributed by atoms with Gasteiger partial charge in [-0.2, -0.15) is 13.2 Å². The Morgan fingerprint density at radius 3 is 2.56 bits per heavy atom. The second-order valence-corrected chi connectivity index (χ2v) is 4.40. The Kier molecular flexibility index (Phi) is 5.02. The molecule has 2 nitrogen and oxygen atoms in total. The molecule has 0 aliphatic carbocycles. The number of rotatable bonds is 5. The predicted molar refractivity (Wildman–Crippen MR) is 64.6 cm³/mol. The quantitative estimate of drug-likeness (QED) is 0.819. The summed E-state index contributed by atoms with van der Waals surface area (Å²) in [6, 6.07) is 5.34. The van der Waals surface area contributed by atoms with Crippen molar-refractivity contribution in [1.82, 2.24) is 0 Å². The standard InChI is InChI=1S/C13H18F3NO/c1-9-4-5-11(10(2)17)12(8-9)18-7-3-6-13(14,15)16/h4-5,8,10H,3,6-7,17H2,1-2H3/t10-/m0/s1. The highest BCUT2D eigenvalue weighted by molar-refractivity contribution is 5.38. The first-order valence-corrected chi connectivity index (χ1v) is 5.85. The van der Waals surface area contributed by atoms with Crippen LogP contribution in [0.25, 0.3) is 0 Å².